The summed E-state index contributed by atoms with van der Waals surface area (Å²) in [4.78, 5) is 24.6. The molecule has 122 valence electrons. The number of hydrogen-bond acceptors (Lipinski definition) is 4. The fourth-order valence-corrected chi connectivity index (χ4v) is 2.15. The number of pyridine rings is 1. The molecule has 2 heterocycles. The molecule has 8 heteroatoms. The van der Waals surface area contributed by atoms with Crippen LogP contribution in [0.2, 0.25) is 0 Å². The summed E-state index contributed by atoms with van der Waals surface area (Å²) in [5.74, 6) is -0.658. The van der Waals surface area contributed by atoms with E-state index in [1.54, 1.807) is 13.0 Å². The molecule has 0 aliphatic heterocycles. The molecule has 0 saturated heterocycles. The van der Waals surface area contributed by atoms with Crippen LogP contribution in [0.5, 0.6) is 0 Å². The van der Waals surface area contributed by atoms with E-state index < -0.39 is 17.6 Å². The molecule has 0 fully saturated rings. The molecule has 0 bridgehead atoms. The van der Waals surface area contributed by atoms with Gasteiger partial charge in [-0.05, 0) is 31.2 Å². The van der Waals surface area contributed by atoms with Crippen LogP contribution >= 0.6 is 0 Å². The Hall–Kier alpha value is -3.03. The number of nitrogens with zero attached hydrogens (tertiary/aromatic N) is 3. The van der Waals surface area contributed by atoms with E-state index in [0.717, 1.165) is 12.1 Å². The Bertz CT molecular complexity index is 925. The van der Waals surface area contributed by atoms with Crippen molar-refractivity contribution in [1.82, 2.24) is 15.0 Å². The molecule has 1 aromatic carbocycles. The smallest absolute Gasteiger partial charge is 0.320 e. The van der Waals surface area contributed by atoms with Gasteiger partial charge >= 0.3 is 6.18 Å². The average molecular weight is 332 g/mol. The monoisotopic (exact) mass is 332 g/mol. The number of anilines is 1. The van der Waals surface area contributed by atoms with Gasteiger partial charge in [0.25, 0.3) is 5.91 Å². The first-order valence-electron chi connectivity index (χ1n) is 6.91. The minimum Gasteiger partial charge on any atom is -0.320 e. The van der Waals surface area contributed by atoms with Gasteiger partial charge in [0.2, 0.25) is 0 Å². The summed E-state index contributed by atoms with van der Waals surface area (Å²) in [6, 6.07) is 5.80. The Morgan fingerprint density at radius 3 is 2.62 bits per heavy atom. The lowest BCUT2D eigenvalue weighted by atomic mass is 10.1. The van der Waals surface area contributed by atoms with Gasteiger partial charge < -0.3 is 5.32 Å². The lowest BCUT2D eigenvalue weighted by Gasteiger charge is -2.11. The zero-order valence-electron chi connectivity index (χ0n) is 12.4. The van der Waals surface area contributed by atoms with Crippen LogP contribution < -0.4 is 5.32 Å². The number of hydrogen-bond donors (Lipinski definition) is 1. The fourth-order valence-electron chi connectivity index (χ4n) is 2.15. The topological polar surface area (TPSA) is 67.8 Å². The number of amides is 1. The van der Waals surface area contributed by atoms with E-state index in [1.807, 2.05) is 0 Å². The molecule has 0 radical (unpaired) electrons. The van der Waals surface area contributed by atoms with Crippen LogP contribution in [0.25, 0.3) is 11.2 Å². The number of nitrogens with one attached hydrogen (secondary N) is 1. The number of carbonyl (C=O) groups excluding carboxylic acids is 1. The van der Waals surface area contributed by atoms with Crippen molar-refractivity contribution in [2.45, 2.75) is 13.1 Å². The van der Waals surface area contributed by atoms with Crippen molar-refractivity contribution < 1.29 is 18.0 Å². The van der Waals surface area contributed by atoms with Crippen molar-refractivity contribution in [3.05, 3.63) is 59.5 Å². The first-order valence-corrected chi connectivity index (χ1v) is 6.91. The molecule has 1 N–H and O–H groups in total. The molecular weight excluding hydrogens is 321 g/mol. The van der Waals surface area contributed by atoms with E-state index in [-0.39, 0.29) is 5.56 Å². The van der Waals surface area contributed by atoms with E-state index in [1.165, 1.54) is 24.5 Å². The highest BCUT2D eigenvalue weighted by molar-refractivity contribution is 6.05. The van der Waals surface area contributed by atoms with Crippen LogP contribution in [-0.4, -0.2) is 20.9 Å². The maximum atomic E-state index is 12.7. The molecule has 0 aliphatic carbocycles. The normalized spacial score (nSPS) is 11.5. The zero-order valence-corrected chi connectivity index (χ0v) is 12.4. The van der Waals surface area contributed by atoms with Gasteiger partial charge in [-0.15, -0.1) is 0 Å². The van der Waals surface area contributed by atoms with Gasteiger partial charge in [0.1, 0.15) is 5.52 Å². The van der Waals surface area contributed by atoms with Crippen LogP contribution in [0.4, 0.5) is 18.9 Å². The summed E-state index contributed by atoms with van der Waals surface area (Å²) >= 11 is 0. The van der Waals surface area contributed by atoms with Crippen LogP contribution in [0.15, 0.2) is 42.7 Å². The SMILES string of the molecule is Cc1nc2nccnc2cc1NC(=O)c1cccc(C(F)(F)F)c1. The summed E-state index contributed by atoms with van der Waals surface area (Å²) in [5, 5.41) is 2.56. The number of rotatable bonds is 2. The second kappa shape index (κ2) is 5.88. The third kappa shape index (κ3) is 3.17. The van der Waals surface area contributed by atoms with Crippen molar-refractivity contribution in [3.63, 3.8) is 0 Å². The highest BCUT2D eigenvalue weighted by atomic mass is 19.4. The lowest BCUT2D eigenvalue weighted by molar-refractivity contribution is -0.137. The van der Waals surface area contributed by atoms with Crippen molar-refractivity contribution in [1.29, 1.82) is 0 Å². The standard InChI is InChI=1S/C16H11F3N4O/c1-9-12(8-13-14(22-9)21-6-5-20-13)23-15(24)10-3-2-4-11(7-10)16(17,18)19/h2-8H,1H3,(H,23,24). The Morgan fingerprint density at radius 1 is 1.12 bits per heavy atom. The minimum atomic E-state index is -4.51. The Labute approximate surface area is 134 Å². The largest absolute Gasteiger partial charge is 0.416 e. The second-order valence-corrected chi connectivity index (χ2v) is 5.05. The number of alkyl halides is 3. The van der Waals surface area contributed by atoms with Gasteiger partial charge in [0, 0.05) is 18.0 Å². The van der Waals surface area contributed by atoms with Gasteiger partial charge in [0.15, 0.2) is 5.65 Å². The summed E-state index contributed by atoms with van der Waals surface area (Å²) in [7, 11) is 0. The van der Waals surface area contributed by atoms with Crippen LogP contribution in [0.3, 0.4) is 0 Å². The number of aromatic nitrogens is 3. The molecule has 3 rings (SSSR count). The average Bonchev–Trinajstić information content (AvgIpc) is 2.55. The maximum Gasteiger partial charge on any atom is 0.416 e. The van der Waals surface area contributed by atoms with E-state index in [2.05, 4.69) is 20.3 Å². The molecule has 24 heavy (non-hydrogen) atoms. The second-order valence-electron chi connectivity index (χ2n) is 5.05. The fraction of sp³-hybridized carbons (Fsp3) is 0.125. The van der Waals surface area contributed by atoms with Crippen molar-refractivity contribution in [2.24, 2.45) is 0 Å². The Balaban J connectivity index is 1.91. The molecule has 2 aromatic heterocycles. The molecule has 1 amide bonds. The zero-order chi connectivity index (χ0) is 17.3. The molecule has 0 atom stereocenters. The molecule has 0 spiro atoms. The van der Waals surface area contributed by atoms with Crippen LogP contribution in [0.1, 0.15) is 21.6 Å². The van der Waals surface area contributed by atoms with E-state index in [0.29, 0.717) is 22.5 Å². The highest BCUT2D eigenvalue weighted by Gasteiger charge is 2.30. The highest BCUT2D eigenvalue weighted by Crippen LogP contribution is 2.29. The predicted molar refractivity (Wildman–Crippen MR) is 81.5 cm³/mol. The first kappa shape index (κ1) is 15.9. The summed E-state index contributed by atoms with van der Waals surface area (Å²) in [6.07, 6.45) is -1.53. The number of halogens is 3. The van der Waals surface area contributed by atoms with Crippen molar-refractivity contribution in [2.75, 3.05) is 5.32 Å². The van der Waals surface area contributed by atoms with Crippen molar-refractivity contribution >= 4 is 22.8 Å². The quantitative estimate of drug-likeness (QED) is 0.778. The molecule has 5 nitrogen and oxygen atoms in total. The maximum absolute atomic E-state index is 12.7. The number of fused-ring (bicyclic) bond motifs is 1. The van der Waals surface area contributed by atoms with E-state index in [4.69, 9.17) is 0 Å². The summed E-state index contributed by atoms with van der Waals surface area (Å²) in [5.41, 5.74) is 0.779. The van der Waals surface area contributed by atoms with Gasteiger partial charge in [-0.25, -0.2) is 9.97 Å². The predicted octanol–water partition coefficient (Wildman–Crippen LogP) is 3.60. The molecule has 0 saturated carbocycles. The minimum absolute atomic E-state index is 0.0940. The van der Waals surface area contributed by atoms with Crippen molar-refractivity contribution in [3.8, 4) is 0 Å². The first-order chi connectivity index (χ1) is 11.3. The van der Waals surface area contributed by atoms with E-state index >= 15 is 0 Å². The van der Waals surface area contributed by atoms with E-state index in [9.17, 15) is 18.0 Å². The third-order valence-electron chi connectivity index (χ3n) is 3.35. The van der Waals surface area contributed by atoms with Gasteiger partial charge in [0.05, 0.1) is 16.9 Å². The number of aryl methyl sites for hydroxylation is 1. The summed E-state index contributed by atoms with van der Waals surface area (Å²) in [6.45, 7) is 1.66. The summed E-state index contributed by atoms with van der Waals surface area (Å²) < 4.78 is 38.2. The molecule has 0 aliphatic rings. The van der Waals surface area contributed by atoms with Crippen LogP contribution in [0, 0.1) is 6.92 Å². The third-order valence-corrected chi connectivity index (χ3v) is 3.35. The van der Waals surface area contributed by atoms with Crippen LogP contribution in [-0.2, 0) is 6.18 Å². The molecule has 0 unspecified atom stereocenters. The number of benzene rings is 1. The van der Waals surface area contributed by atoms with Gasteiger partial charge in [-0.2, -0.15) is 13.2 Å². The molecule has 3 aromatic rings. The van der Waals surface area contributed by atoms with Gasteiger partial charge in [-0.1, -0.05) is 6.07 Å². The Morgan fingerprint density at radius 2 is 1.88 bits per heavy atom. The Kier molecular flexibility index (Phi) is 3.88. The number of carbonyl (C=O) groups is 1. The van der Waals surface area contributed by atoms with Gasteiger partial charge in [-0.3, -0.25) is 9.78 Å². The molecular formula is C16H11F3N4O. The lowest BCUT2D eigenvalue weighted by Crippen LogP contribution is -2.15.